The molecule has 1 aliphatic heterocycles. The van der Waals surface area contributed by atoms with Crippen molar-refractivity contribution in [1.29, 1.82) is 0 Å². The van der Waals surface area contributed by atoms with E-state index in [4.69, 9.17) is 5.73 Å². The van der Waals surface area contributed by atoms with Gasteiger partial charge in [-0.3, -0.25) is 4.79 Å². The maximum atomic E-state index is 13.4. The normalized spacial score (nSPS) is 20.6. The SMILES string of the molecule is CC1(C)CN(C(=O)C(Sc2ccc(F)cc2)c2ccccc2)CCC1N. The van der Waals surface area contributed by atoms with E-state index in [0.29, 0.717) is 13.1 Å². The molecule has 26 heavy (non-hydrogen) atoms. The van der Waals surface area contributed by atoms with Crippen molar-refractivity contribution in [3.05, 3.63) is 66.0 Å². The minimum atomic E-state index is -0.355. The molecule has 1 aliphatic rings. The highest BCUT2D eigenvalue weighted by atomic mass is 32.2. The molecule has 2 aromatic carbocycles. The largest absolute Gasteiger partial charge is 0.341 e. The predicted octanol–water partition coefficient (Wildman–Crippen LogP) is 4.24. The number of rotatable bonds is 4. The van der Waals surface area contributed by atoms with Crippen LogP contribution in [0.15, 0.2) is 59.5 Å². The van der Waals surface area contributed by atoms with E-state index in [2.05, 4.69) is 13.8 Å². The van der Waals surface area contributed by atoms with Gasteiger partial charge < -0.3 is 10.6 Å². The summed E-state index contributed by atoms with van der Waals surface area (Å²) in [6.07, 6.45) is 0.807. The van der Waals surface area contributed by atoms with Gasteiger partial charge in [-0.15, -0.1) is 11.8 Å². The average Bonchev–Trinajstić information content (AvgIpc) is 2.63. The number of halogens is 1. The molecule has 3 rings (SSSR count). The van der Waals surface area contributed by atoms with Gasteiger partial charge in [0.2, 0.25) is 5.91 Å². The minimum absolute atomic E-state index is 0.0884. The van der Waals surface area contributed by atoms with Crippen LogP contribution in [-0.2, 0) is 4.79 Å². The topological polar surface area (TPSA) is 46.3 Å². The summed E-state index contributed by atoms with van der Waals surface area (Å²) in [5.74, 6) is -0.186. The molecular formula is C21H25FN2OS. The van der Waals surface area contributed by atoms with E-state index in [0.717, 1.165) is 16.9 Å². The number of piperidine rings is 1. The summed E-state index contributed by atoms with van der Waals surface area (Å²) >= 11 is 1.46. The van der Waals surface area contributed by atoms with Gasteiger partial charge in [0.05, 0.1) is 0 Å². The van der Waals surface area contributed by atoms with Crippen molar-refractivity contribution in [3.8, 4) is 0 Å². The van der Waals surface area contributed by atoms with E-state index in [1.54, 1.807) is 12.1 Å². The molecule has 0 aliphatic carbocycles. The average molecular weight is 373 g/mol. The number of amides is 1. The highest BCUT2D eigenvalue weighted by Gasteiger charge is 2.37. The molecule has 138 valence electrons. The second kappa shape index (κ2) is 7.80. The molecule has 0 radical (unpaired) electrons. The fraction of sp³-hybridized carbons (Fsp3) is 0.381. The van der Waals surface area contributed by atoms with Crippen LogP contribution in [0.1, 0.15) is 31.1 Å². The van der Waals surface area contributed by atoms with Crippen molar-refractivity contribution in [3.63, 3.8) is 0 Å². The maximum Gasteiger partial charge on any atom is 0.240 e. The Bertz CT molecular complexity index is 748. The van der Waals surface area contributed by atoms with Crippen molar-refractivity contribution < 1.29 is 9.18 Å². The zero-order valence-electron chi connectivity index (χ0n) is 15.2. The molecule has 0 spiro atoms. The monoisotopic (exact) mass is 372 g/mol. The lowest BCUT2D eigenvalue weighted by atomic mass is 9.79. The summed E-state index contributed by atoms with van der Waals surface area (Å²) in [6, 6.07) is 16.2. The summed E-state index contributed by atoms with van der Waals surface area (Å²) in [7, 11) is 0. The fourth-order valence-corrected chi connectivity index (χ4v) is 4.37. The van der Waals surface area contributed by atoms with E-state index >= 15 is 0 Å². The van der Waals surface area contributed by atoms with Crippen LogP contribution in [0.5, 0.6) is 0 Å². The first-order valence-corrected chi connectivity index (χ1v) is 9.76. The number of carbonyl (C=O) groups excluding carboxylic acids is 1. The number of nitrogens with zero attached hydrogens (tertiary/aromatic N) is 1. The van der Waals surface area contributed by atoms with E-state index in [1.807, 2.05) is 35.2 Å². The first kappa shape index (κ1) is 18.9. The summed E-state index contributed by atoms with van der Waals surface area (Å²) in [6.45, 7) is 5.56. The molecule has 5 heteroatoms. The van der Waals surface area contributed by atoms with Gasteiger partial charge >= 0.3 is 0 Å². The second-order valence-corrected chi connectivity index (χ2v) is 8.68. The van der Waals surface area contributed by atoms with Crippen LogP contribution in [0.4, 0.5) is 4.39 Å². The third-order valence-electron chi connectivity index (χ3n) is 5.02. The Labute approximate surface area is 158 Å². The lowest BCUT2D eigenvalue weighted by Gasteiger charge is -2.43. The number of thioether (sulfide) groups is 1. The molecule has 3 nitrogen and oxygen atoms in total. The van der Waals surface area contributed by atoms with Gasteiger partial charge in [0.1, 0.15) is 11.1 Å². The highest BCUT2D eigenvalue weighted by molar-refractivity contribution is 8.00. The van der Waals surface area contributed by atoms with Gasteiger partial charge in [-0.1, -0.05) is 44.2 Å². The first-order valence-electron chi connectivity index (χ1n) is 8.88. The third-order valence-corrected chi connectivity index (χ3v) is 6.27. The zero-order chi connectivity index (χ0) is 18.7. The first-order chi connectivity index (χ1) is 12.4. The van der Waals surface area contributed by atoms with Gasteiger partial charge in [-0.2, -0.15) is 0 Å². The molecular weight excluding hydrogens is 347 g/mol. The molecule has 0 saturated carbocycles. The molecule has 2 unspecified atom stereocenters. The van der Waals surface area contributed by atoms with E-state index in [-0.39, 0.29) is 28.4 Å². The Morgan fingerprint density at radius 3 is 2.46 bits per heavy atom. The van der Waals surface area contributed by atoms with E-state index in [1.165, 1.54) is 23.9 Å². The van der Waals surface area contributed by atoms with Crippen LogP contribution in [-0.4, -0.2) is 29.9 Å². The molecule has 1 heterocycles. The lowest BCUT2D eigenvalue weighted by Crippen LogP contribution is -2.54. The Hall–Kier alpha value is -1.85. The summed E-state index contributed by atoms with van der Waals surface area (Å²) in [4.78, 5) is 16.2. The molecule has 1 saturated heterocycles. The van der Waals surface area contributed by atoms with Gasteiger partial charge in [-0.05, 0) is 41.7 Å². The molecule has 0 bridgehead atoms. The van der Waals surface area contributed by atoms with Gasteiger partial charge in [0, 0.05) is 24.0 Å². The van der Waals surface area contributed by atoms with Crippen molar-refractivity contribution in [2.45, 2.75) is 36.5 Å². The van der Waals surface area contributed by atoms with Gasteiger partial charge in [-0.25, -0.2) is 4.39 Å². The molecule has 2 atom stereocenters. The van der Waals surface area contributed by atoms with Crippen LogP contribution in [0, 0.1) is 11.2 Å². The Morgan fingerprint density at radius 1 is 1.19 bits per heavy atom. The van der Waals surface area contributed by atoms with Crippen LogP contribution < -0.4 is 5.73 Å². The standard InChI is InChI=1S/C21H25FN2OS/c1-21(2)14-24(13-12-18(21)23)20(25)19(15-6-4-3-5-7-15)26-17-10-8-16(22)9-11-17/h3-11,18-19H,12-14,23H2,1-2H3. The number of hydrogen-bond acceptors (Lipinski definition) is 3. The minimum Gasteiger partial charge on any atom is -0.341 e. The quantitative estimate of drug-likeness (QED) is 0.817. The number of likely N-dealkylation sites (tertiary alicyclic amines) is 1. The lowest BCUT2D eigenvalue weighted by molar-refractivity contribution is -0.134. The summed E-state index contributed by atoms with van der Waals surface area (Å²) in [5.41, 5.74) is 7.08. The molecule has 1 amide bonds. The second-order valence-electron chi connectivity index (χ2n) is 7.51. The molecule has 2 aromatic rings. The molecule has 0 aromatic heterocycles. The Balaban J connectivity index is 1.85. The van der Waals surface area contributed by atoms with Gasteiger partial charge in [0.25, 0.3) is 0 Å². The van der Waals surface area contributed by atoms with Crippen LogP contribution >= 0.6 is 11.8 Å². The number of benzene rings is 2. The number of nitrogens with two attached hydrogens (primary N) is 1. The Morgan fingerprint density at radius 2 is 1.85 bits per heavy atom. The van der Waals surface area contributed by atoms with Crippen LogP contribution in [0.2, 0.25) is 0 Å². The van der Waals surface area contributed by atoms with Crippen LogP contribution in [0.25, 0.3) is 0 Å². The number of carbonyl (C=O) groups is 1. The van der Waals surface area contributed by atoms with E-state index in [9.17, 15) is 9.18 Å². The molecule has 1 fully saturated rings. The highest BCUT2D eigenvalue weighted by Crippen LogP contribution is 2.38. The van der Waals surface area contributed by atoms with Gasteiger partial charge in [0.15, 0.2) is 0 Å². The maximum absolute atomic E-state index is 13.4. The van der Waals surface area contributed by atoms with Crippen molar-refractivity contribution >= 4 is 17.7 Å². The van der Waals surface area contributed by atoms with Crippen molar-refractivity contribution in [1.82, 2.24) is 4.90 Å². The third kappa shape index (κ3) is 4.27. The van der Waals surface area contributed by atoms with Crippen LogP contribution in [0.3, 0.4) is 0 Å². The zero-order valence-corrected chi connectivity index (χ0v) is 16.0. The predicted molar refractivity (Wildman–Crippen MR) is 104 cm³/mol. The molecule has 2 N–H and O–H groups in total. The van der Waals surface area contributed by atoms with E-state index < -0.39 is 0 Å². The number of hydrogen-bond donors (Lipinski definition) is 1. The van der Waals surface area contributed by atoms with Crippen molar-refractivity contribution in [2.24, 2.45) is 11.1 Å². The summed E-state index contributed by atoms with van der Waals surface area (Å²) in [5, 5.41) is -0.355. The smallest absolute Gasteiger partial charge is 0.240 e. The summed E-state index contributed by atoms with van der Waals surface area (Å²) < 4.78 is 13.2. The Kier molecular flexibility index (Phi) is 5.68. The fourth-order valence-electron chi connectivity index (χ4n) is 3.27. The van der Waals surface area contributed by atoms with Crippen molar-refractivity contribution in [2.75, 3.05) is 13.1 Å².